The fourth-order valence-electron chi connectivity index (χ4n) is 1.33. The van der Waals surface area contributed by atoms with E-state index in [1.165, 1.54) is 5.69 Å². The van der Waals surface area contributed by atoms with Gasteiger partial charge in [0.05, 0.1) is 0 Å². The van der Waals surface area contributed by atoms with Gasteiger partial charge in [-0.25, -0.2) is 0 Å². The third kappa shape index (κ3) is 5.79. The first-order chi connectivity index (χ1) is 7.20. The molecule has 0 aliphatic carbocycles. The Labute approximate surface area is 114 Å². The van der Waals surface area contributed by atoms with Crippen molar-refractivity contribution in [3.05, 3.63) is 30.3 Å². The smallest absolute Gasteiger partial charge is 0.185 e. The zero-order chi connectivity index (χ0) is 11.1. The van der Waals surface area contributed by atoms with Crippen molar-refractivity contribution in [2.45, 2.75) is 6.42 Å². The number of anilines is 1. The molecule has 0 heterocycles. The molecule has 0 aromatic heterocycles. The molecule has 4 nitrogen and oxygen atoms in total. The van der Waals surface area contributed by atoms with E-state index in [9.17, 15) is 0 Å². The molecule has 1 aromatic rings. The van der Waals surface area contributed by atoms with Crippen LogP contribution in [0.2, 0.25) is 0 Å². The lowest BCUT2D eigenvalue weighted by Gasteiger charge is -2.18. The van der Waals surface area contributed by atoms with Crippen molar-refractivity contribution in [2.24, 2.45) is 16.5 Å². The highest BCUT2D eigenvalue weighted by Gasteiger charge is 1.98. The molecule has 0 unspecified atom stereocenters. The number of nitrogens with zero attached hydrogens (tertiary/aromatic N) is 2. The van der Waals surface area contributed by atoms with Gasteiger partial charge in [-0.05, 0) is 18.6 Å². The van der Waals surface area contributed by atoms with Gasteiger partial charge < -0.3 is 16.4 Å². The van der Waals surface area contributed by atoms with Gasteiger partial charge in [0.1, 0.15) is 0 Å². The number of hydrogen-bond acceptors (Lipinski definition) is 2. The van der Waals surface area contributed by atoms with Crippen molar-refractivity contribution >= 4 is 35.6 Å². The number of guanidine groups is 1. The van der Waals surface area contributed by atoms with Gasteiger partial charge in [0, 0.05) is 25.8 Å². The van der Waals surface area contributed by atoms with Gasteiger partial charge in [0.2, 0.25) is 0 Å². The first-order valence-electron chi connectivity index (χ1n) is 5.01. The average Bonchev–Trinajstić information content (AvgIpc) is 2.25. The van der Waals surface area contributed by atoms with E-state index in [-0.39, 0.29) is 29.9 Å². The number of halogens is 1. The fourth-order valence-corrected chi connectivity index (χ4v) is 1.33. The average molecular weight is 334 g/mol. The van der Waals surface area contributed by atoms with E-state index in [4.69, 9.17) is 11.5 Å². The molecule has 0 bridgehead atoms. The minimum absolute atomic E-state index is 0. The van der Waals surface area contributed by atoms with Crippen LogP contribution in [0, 0.1) is 0 Å². The summed E-state index contributed by atoms with van der Waals surface area (Å²) in [6, 6.07) is 10.2. The predicted octanol–water partition coefficient (Wildman–Crippen LogP) is 1.40. The Bertz CT molecular complexity index is 309. The molecule has 16 heavy (non-hydrogen) atoms. The molecular formula is C11H19IN4. The maximum absolute atomic E-state index is 5.23. The van der Waals surface area contributed by atoms with Crippen LogP contribution in [0.15, 0.2) is 35.3 Å². The molecule has 1 aromatic carbocycles. The molecule has 0 spiro atoms. The number of hydrogen-bond donors (Lipinski definition) is 2. The number of aliphatic imine (C=N–C) groups is 1. The Kier molecular flexibility index (Phi) is 7.70. The van der Waals surface area contributed by atoms with Crippen molar-refractivity contribution < 1.29 is 0 Å². The molecule has 0 saturated heterocycles. The van der Waals surface area contributed by atoms with Crippen LogP contribution >= 0.6 is 24.0 Å². The Morgan fingerprint density at radius 3 is 2.44 bits per heavy atom. The second kappa shape index (κ2) is 8.20. The summed E-state index contributed by atoms with van der Waals surface area (Å²) < 4.78 is 0. The fraction of sp³-hybridized carbons (Fsp3) is 0.364. The molecule has 5 heteroatoms. The summed E-state index contributed by atoms with van der Waals surface area (Å²) in [6.45, 7) is 1.63. The quantitative estimate of drug-likeness (QED) is 0.370. The summed E-state index contributed by atoms with van der Waals surface area (Å²) in [4.78, 5) is 6.12. The number of para-hydroxylation sites is 1. The van der Waals surface area contributed by atoms with Crippen LogP contribution in [-0.2, 0) is 0 Å². The number of rotatable bonds is 5. The topological polar surface area (TPSA) is 67.6 Å². The molecule has 1 rings (SSSR count). The molecule has 0 amide bonds. The molecule has 0 aliphatic rings. The first kappa shape index (κ1) is 15.0. The number of benzene rings is 1. The van der Waals surface area contributed by atoms with Gasteiger partial charge in [-0.3, -0.25) is 4.99 Å². The number of nitrogens with two attached hydrogens (primary N) is 2. The second-order valence-corrected chi connectivity index (χ2v) is 3.42. The normalized spacial score (nSPS) is 9.06. The Morgan fingerprint density at radius 1 is 1.25 bits per heavy atom. The standard InChI is InChI=1S/C11H18N4.HI/c1-15(9-5-8-14-11(12)13)10-6-3-2-4-7-10;/h2-4,6-7H,5,8-9H2,1H3,(H4,12,13,14);1H. The van der Waals surface area contributed by atoms with Crippen LogP contribution in [0.5, 0.6) is 0 Å². The summed E-state index contributed by atoms with van der Waals surface area (Å²) >= 11 is 0. The zero-order valence-electron chi connectivity index (χ0n) is 9.47. The molecule has 0 aliphatic heterocycles. The van der Waals surface area contributed by atoms with Gasteiger partial charge in [-0.2, -0.15) is 0 Å². The summed E-state index contributed by atoms with van der Waals surface area (Å²) in [5.41, 5.74) is 11.7. The maximum atomic E-state index is 5.23. The SMILES string of the molecule is CN(CCCN=C(N)N)c1ccccc1.I. The van der Waals surface area contributed by atoms with Gasteiger partial charge in [0.25, 0.3) is 0 Å². The molecule has 0 radical (unpaired) electrons. The van der Waals surface area contributed by atoms with Crippen molar-refractivity contribution in [1.29, 1.82) is 0 Å². The van der Waals surface area contributed by atoms with Crippen LogP contribution in [0.3, 0.4) is 0 Å². The van der Waals surface area contributed by atoms with E-state index in [2.05, 4.69) is 29.1 Å². The molecule has 0 atom stereocenters. The molecule has 4 N–H and O–H groups in total. The van der Waals surface area contributed by atoms with Crippen LogP contribution in [-0.4, -0.2) is 26.1 Å². The van der Waals surface area contributed by atoms with Crippen LogP contribution in [0.25, 0.3) is 0 Å². The van der Waals surface area contributed by atoms with Crippen LogP contribution in [0.1, 0.15) is 6.42 Å². The largest absolute Gasteiger partial charge is 0.375 e. The predicted molar refractivity (Wildman–Crippen MR) is 80.4 cm³/mol. The van der Waals surface area contributed by atoms with Crippen molar-refractivity contribution in [1.82, 2.24) is 0 Å². The highest BCUT2D eigenvalue weighted by atomic mass is 127. The Hall–Kier alpha value is -0.980. The van der Waals surface area contributed by atoms with E-state index < -0.39 is 0 Å². The monoisotopic (exact) mass is 334 g/mol. The molecule has 0 saturated carbocycles. The first-order valence-corrected chi connectivity index (χ1v) is 5.01. The lowest BCUT2D eigenvalue weighted by Crippen LogP contribution is -2.24. The minimum Gasteiger partial charge on any atom is -0.375 e. The summed E-state index contributed by atoms with van der Waals surface area (Å²) in [5, 5.41) is 0. The van der Waals surface area contributed by atoms with Crippen LogP contribution < -0.4 is 16.4 Å². The van der Waals surface area contributed by atoms with E-state index in [0.29, 0.717) is 6.54 Å². The Balaban J connectivity index is 0.00000225. The molecule has 90 valence electrons. The third-order valence-corrected chi connectivity index (χ3v) is 2.14. The van der Waals surface area contributed by atoms with Crippen molar-refractivity contribution in [3.8, 4) is 0 Å². The van der Waals surface area contributed by atoms with Gasteiger partial charge in [-0.15, -0.1) is 24.0 Å². The van der Waals surface area contributed by atoms with E-state index >= 15 is 0 Å². The highest BCUT2D eigenvalue weighted by molar-refractivity contribution is 14.0. The third-order valence-electron chi connectivity index (χ3n) is 2.14. The minimum atomic E-state index is 0. The van der Waals surface area contributed by atoms with E-state index in [1.54, 1.807) is 0 Å². The molecule has 0 fully saturated rings. The lowest BCUT2D eigenvalue weighted by atomic mass is 10.3. The maximum Gasteiger partial charge on any atom is 0.185 e. The van der Waals surface area contributed by atoms with Gasteiger partial charge in [0.15, 0.2) is 5.96 Å². The van der Waals surface area contributed by atoms with Gasteiger partial charge >= 0.3 is 0 Å². The Morgan fingerprint density at radius 2 is 1.88 bits per heavy atom. The lowest BCUT2D eigenvalue weighted by molar-refractivity contribution is 0.795. The summed E-state index contributed by atoms with van der Waals surface area (Å²) in [7, 11) is 2.06. The van der Waals surface area contributed by atoms with Crippen molar-refractivity contribution in [3.63, 3.8) is 0 Å². The second-order valence-electron chi connectivity index (χ2n) is 3.42. The van der Waals surface area contributed by atoms with Crippen LogP contribution in [0.4, 0.5) is 5.69 Å². The van der Waals surface area contributed by atoms with Gasteiger partial charge in [-0.1, -0.05) is 18.2 Å². The van der Waals surface area contributed by atoms with Crippen molar-refractivity contribution in [2.75, 3.05) is 25.0 Å². The van der Waals surface area contributed by atoms with E-state index in [0.717, 1.165) is 13.0 Å². The molecular weight excluding hydrogens is 315 g/mol. The van der Waals surface area contributed by atoms with E-state index in [1.807, 2.05) is 18.2 Å². The highest BCUT2D eigenvalue weighted by Crippen LogP contribution is 2.10. The summed E-state index contributed by atoms with van der Waals surface area (Å²) in [5.74, 6) is 0.164. The zero-order valence-corrected chi connectivity index (χ0v) is 11.8. The summed E-state index contributed by atoms with van der Waals surface area (Å²) in [6.07, 6.45) is 0.948.